The second-order valence-corrected chi connectivity index (χ2v) is 8.51. The molecule has 3 heterocycles. The van der Waals surface area contributed by atoms with E-state index in [2.05, 4.69) is 20.7 Å². The van der Waals surface area contributed by atoms with Gasteiger partial charge in [0.15, 0.2) is 23.1 Å². The summed E-state index contributed by atoms with van der Waals surface area (Å²) in [6.07, 6.45) is -3.42. The van der Waals surface area contributed by atoms with Crippen LogP contribution in [0.25, 0.3) is 11.0 Å². The zero-order chi connectivity index (χ0) is 23.9. The average Bonchev–Trinajstić information content (AvgIpc) is 3.48. The number of nitrogens with one attached hydrogen (secondary N) is 1. The van der Waals surface area contributed by atoms with Crippen molar-refractivity contribution in [3.05, 3.63) is 10.4 Å². The second-order valence-electron chi connectivity index (χ2n) is 8.51. The molecule has 4 unspecified atom stereocenters. The van der Waals surface area contributed by atoms with Crippen molar-refractivity contribution >= 4 is 28.7 Å². The second kappa shape index (κ2) is 9.13. The van der Waals surface area contributed by atoms with Gasteiger partial charge in [0.05, 0.1) is 6.04 Å². The van der Waals surface area contributed by atoms with E-state index in [1.54, 1.807) is 0 Å². The number of nitrogens with zero attached hydrogens (tertiary/aromatic N) is 6. The maximum Gasteiger partial charge on any atom is 0.302 e. The number of fused-ring (bicyclic) bond motifs is 1. The Morgan fingerprint density at radius 3 is 2.61 bits per heavy atom. The molecule has 2 aliphatic rings. The van der Waals surface area contributed by atoms with Crippen LogP contribution < -0.4 is 10.9 Å². The summed E-state index contributed by atoms with van der Waals surface area (Å²) in [5.41, 5.74) is -0.396. The molecule has 33 heavy (non-hydrogen) atoms. The summed E-state index contributed by atoms with van der Waals surface area (Å²) in [6.45, 7) is 1.45. The van der Waals surface area contributed by atoms with Crippen molar-refractivity contribution < 1.29 is 29.3 Å². The largest absolute Gasteiger partial charge is 0.463 e. The molecule has 4 atom stereocenters. The molecular weight excluding hydrogens is 438 g/mol. The van der Waals surface area contributed by atoms with Gasteiger partial charge in [-0.15, -0.1) is 5.10 Å². The van der Waals surface area contributed by atoms with E-state index in [1.165, 1.54) is 11.6 Å². The fourth-order valence-electron chi connectivity index (χ4n) is 3.58. The zero-order valence-corrected chi connectivity index (χ0v) is 18.5. The van der Waals surface area contributed by atoms with Gasteiger partial charge in [-0.3, -0.25) is 19.1 Å². The van der Waals surface area contributed by atoms with E-state index in [-0.39, 0.29) is 41.8 Å². The third-order valence-corrected chi connectivity index (χ3v) is 5.50. The minimum Gasteiger partial charge on any atom is -0.463 e. The summed E-state index contributed by atoms with van der Waals surface area (Å²) in [5.74, 6) is -0.711. The van der Waals surface area contributed by atoms with Crippen LogP contribution in [0.15, 0.2) is 4.79 Å². The monoisotopic (exact) mass is 465 g/mol. The number of carbonyl (C=O) groups excluding carboxylic acids is 2. The van der Waals surface area contributed by atoms with Gasteiger partial charge in [-0.05, 0) is 26.9 Å². The lowest BCUT2D eigenvalue weighted by molar-refractivity contribution is -0.147. The van der Waals surface area contributed by atoms with E-state index in [1.807, 2.05) is 19.0 Å². The van der Waals surface area contributed by atoms with Crippen LogP contribution in [0.4, 0.5) is 5.82 Å². The highest BCUT2D eigenvalue weighted by Gasteiger charge is 2.46. The first-order valence-corrected chi connectivity index (χ1v) is 10.6. The number of rotatable bonds is 8. The number of hydrogen-bond acceptors (Lipinski definition) is 11. The van der Waals surface area contributed by atoms with Crippen LogP contribution in [0.1, 0.15) is 38.5 Å². The average molecular weight is 465 g/mol. The van der Waals surface area contributed by atoms with Crippen LogP contribution in [0.5, 0.6) is 0 Å². The van der Waals surface area contributed by atoms with Crippen molar-refractivity contribution in [3.8, 4) is 0 Å². The lowest BCUT2D eigenvalue weighted by Gasteiger charge is -2.15. The molecule has 180 valence electrons. The number of aliphatic hydroxyl groups is 2. The number of carbonyl (C=O) groups is 2. The molecule has 0 spiro atoms. The minimum absolute atomic E-state index is 0.0120. The minimum atomic E-state index is -1.50. The van der Waals surface area contributed by atoms with Crippen molar-refractivity contribution in [1.29, 1.82) is 0 Å². The van der Waals surface area contributed by atoms with E-state index in [0.29, 0.717) is 6.54 Å². The smallest absolute Gasteiger partial charge is 0.302 e. The van der Waals surface area contributed by atoms with E-state index in [9.17, 15) is 24.6 Å². The quantitative estimate of drug-likeness (QED) is 0.383. The molecule has 1 amide bonds. The van der Waals surface area contributed by atoms with Gasteiger partial charge in [0.2, 0.25) is 5.91 Å². The summed E-state index contributed by atoms with van der Waals surface area (Å²) in [5, 5.41) is 35.7. The SMILES string of the molecule is CC(=O)OCC1OC(n2nnc3c(NC(=O)CCN(C)C)nn(C4CC4)c3c2=O)C(O)C1O. The van der Waals surface area contributed by atoms with Crippen LogP contribution >= 0.6 is 0 Å². The van der Waals surface area contributed by atoms with E-state index in [4.69, 9.17) is 9.47 Å². The van der Waals surface area contributed by atoms with Crippen LogP contribution in [-0.2, 0) is 19.1 Å². The van der Waals surface area contributed by atoms with E-state index in [0.717, 1.165) is 17.5 Å². The maximum absolute atomic E-state index is 13.3. The lowest BCUT2D eigenvalue weighted by Crippen LogP contribution is -2.37. The Morgan fingerprint density at radius 2 is 1.97 bits per heavy atom. The summed E-state index contributed by atoms with van der Waals surface area (Å²) >= 11 is 0. The number of amides is 1. The number of aliphatic hydroxyl groups excluding tert-OH is 2. The van der Waals surface area contributed by atoms with Gasteiger partial charge in [-0.2, -0.15) is 9.78 Å². The Balaban J connectivity index is 1.65. The third-order valence-electron chi connectivity index (χ3n) is 5.50. The van der Waals surface area contributed by atoms with Gasteiger partial charge in [-0.1, -0.05) is 5.21 Å². The molecule has 14 nitrogen and oxygen atoms in total. The molecule has 3 N–H and O–H groups in total. The number of anilines is 1. The molecule has 4 rings (SSSR count). The summed E-state index contributed by atoms with van der Waals surface area (Å²) in [7, 11) is 3.71. The highest BCUT2D eigenvalue weighted by Crippen LogP contribution is 2.37. The highest BCUT2D eigenvalue weighted by molar-refractivity contribution is 5.97. The highest BCUT2D eigenvalue weighted by atomic mass is 16.6. The van der Waals surface area contributed by atoms with Gasteiger partial charge in [-0.25, -0.2) is 0 Å². The van der Waals surface area contributed by atoms with Crippen LogP contribution in [0, 0.1) is 0 Å². The molecule has 1 aliphatic heterocycles. The van der Waals surface area contributed by atoms with Crippen molar-refractivity contribution in [2.75, 3.05) is 32.6 Å². The first-order chi connectivity index (χ1) is 15.7. The Hall–Kier alpha value is -2.94. The molecule has 1 saturated heterocycles. The van der Waals surface area contributed by atoms with Crippen molar-refractivity contribution in [3.63, 3.8) is 0 Å². The molecule has 1 saturated carbocycles. The Kier molecular flexibility index (Phi) is 6.43. The first kappa shape index (κ1) is 23.2. The predicted molar refractivity (Wildman–Crippen MR) is 112 cm³/mol. The summed E-state index contributed by atoms with van der Waals surface area (Å²) < 4.78 is 12.8. The molecule has 0 aromatic carbocycles. The summed E-state index contributed by atoms with van der Waals surface area (Å²) in [6, 6.07) is -0.0120. The Morgan fingerprint density at radius 1 is 1.24 bits per heavy atom. The normalized spacial score (nSPS) is 25.0. The predicted octanol–water partition coefficient (Wildman–Crippen LogP) is -1.60. The number of esters is 1. The molecule has 2 fully saturated rings. The first-order valence-electron chi connectivity index (χ1n) is 10.6. The molecule has 2 aromatic heterocycles. The lowest BCUT2D eigenvalue weighted by atomic mass is 10.1. The Labute approximate surface area is 188 Å². The fourth-order valence-corrected chi connectivity index (χ4v) is 3.58. The number of ether oxygens (including phenoxy) is 2. The van der Waals surface area contributed by atoms with Crippen LogP contribution in [-0.4, -0.2) is 97.3 Å². The van der Waals surface area contributed by atoms with Crippen molar-refractivity contribution in [2.45, 2.75) is 56.8 Å². The molecule has 0 bridgehead atoms. The molecule has 1 aliphatic carbocycles. The summed E-state index contributed by atoms with van der Waals surface area (Å²) in [4.78, 5) is 38.6. The van der Waals surface area contributed by atoms with Crippen molar-refractivity contribution in [2.24, 2.45) is 0 Å². The molecule has 2 aromatic rings. The number of hydrogen-bond donors (Lipinski definition) is 3. The molecule has 0 radical (unpaired) electrons. The molecule has 14 heteroatoms. The van der Waals surface area contributed by atoms with Gasteiger partial charge < -0.3 is 29.9 Å². The Bertz CT molecular complexity index is 1110. The number of aromatic nitrogens is 5. The fraction of sp³-hybridized carbons (Fsp3) is 0.684. The molecular formula is C19H27N7O7. The van der Waals surface area contributed by atoms with Gasteiger partial charge in [0, 0.05) is 19.9 Å². The third kappa shape index (κ3) is 4.73. The zero-order valence-electron chi connectivity index (χ0n) is 18.5. The maximum atomic E-state index is 13.3. The van der Waals surface area contributed by atoms with Gasteiger partial charge in [0.1, 0.15) is 24.9 Å². The van der Waals surface area contributed by atoms with Gasteiger partial charge >= 0.3 is 5.97 Å². The van der Waals surface area contributed by atoms with Crippen LogP contribution in [0.3, 0.4) is 0 Å². The van der Waals surface area contributed by atoms with Crippen LogP contribution in [0.2, 0.25) is 0 Å². The van der Waals surface area contributed by atoms with Gasteiger partial charge in [0.25, 0.3) is 5.56 Å². The standard InChI is InChI=1S/C19H27N7O7/c1-9(27)32-8-11-15(29)16(30)19(33-11)26-18(31)14-13(21-23-26)17(22-25(14)10-4-5-10)20-12(28)6-7-24(2)3/h10-11,15-16,19,29-30H,4-8H2,1-3H3,(H,20,22,28). The van der Waals surface area contributed by atoms with E-state index < -0.39 is 36.1 Å². The topological polar surface area (TPSA) is 174 Å². The van der Waals surface area contributed by atoms with Crippen molar-refractivity contribution in [1.82, 2.24) is 29.7 Å². The van der Waals surface area contributed by atoms with E-state index >= 15 is 0 Å².